The second-order valence-electron chi connectivity index (χ2n) is 6.22. The highest BCUT2D eigenvalue weighted by molar-refractivity contribution is 7.07. The molecule has 0 aromatic carbocycles. The van der Waals surface area contributed by atoms with Crippen LogP contribution in [0.3, 0.4) is 0 Å². The summed E-state index contributed by atoms with van der Waals surface area (Å²) in [4.78, 5) is 2.50. The Kier molecular flexibility index (Phi) is 3.78. The van der Waals surface area contributed by atoms with E-state index in [-0.39, 0.29) is 0 Å². The van der Waals surface area contributed by atoms with Gasteiger partial charge >= 0.3 is 0 Å². The smallest absolute Gasteiger partial charge is 0.233 e. The fourth-order valence-electron chi connectivity index (χ4n) is 3.28. The van der Waals surface area contributed by atoms with Crippen LogP contribution in [0.5, 0.6) is 0 Å². The first kappa shape index (κ1) is 13.5. The lowest BCUT2D eigenvalue weighted by atomic mass is 9.85. The maximum absolute atomic E-state index is 6.02. The summed E-state index contributed by atoms with van der Waals surface area (Å²) < 4.78 is 6.02. The molecule has 0 bridgehead atoms. The van der Waals surface area contributed by atoms with Crippen LogP contribution in [-0.2, 0) is 6.54 Å². The monoisotopic (exact) mass is 303 g/mol. The van der Waals surface area contributed by atoms with Gasteiger partial charge in [0.1, 0.15) is 0 Å². The zero-order valence-electron chi connectivity index (χ0n) is 12.2. The molecule has 2 aliphatic rings. The van der Waals surface area contributed by atoms with Gasteiger partial charge in [-0.1, -0.05) is 12.8 Å². The van der Waals surface area contributed by atoms with Crippen molar-refractivity contribution in [3.63, 3.8) is 0 Å². The Morgan fingerprint density at radius 1 is 1.14 bits per heavy atom. The summed E-state index contributed by atoms with van der Waals surface area (Å²) in [5.74, 6) is 2.24. The molecule has 2 aromatic heterocycles. The van der Waals surface area contributed by atoms with Crippen LogP contribution < -0.4 is 0 Å². The number of aromatic nitrogens is 2. The van der Waals surface area contributed by atoms with E-state index in [0.29, 0.717) is 12.0 Å². The van der Waals surface area contributed by atoms with Gasteiger partial charge in [0.25, 0.3) is 0 Å². The van der Waals surface area contributed by atoms with Gasteiger partial charge in [0.2, 0.25) is 11.8 Å². The molecule has 1 saturated carbocycles. The molecule has 2 fully saturated rings. The Morgan fingerprint density at radius 3 is 2.81 bits per heavy atom. The van der Waals surface area contributed by atoms with Gasteiger partial charge in [-0.3, -0.25) is 4.90 Å². The fourth-order valence-corrected chi connectivity index (χ4v) is 3.94. The summed E-state index contributed by atoms with van der Waals surface area (Å²) in [5, 5.41) is 13.1. The molecule has 3 heterocycles. The summed E-state index contributed by atoms with van der Waals surface area (Å²) in [7, 11) is 0. The maximum atomic E-state index is 6.02. The Morgan fingerprint density at radius 2 is 2.05 bits per heavy atom. The van der Waals surface area contributed by atoms with Gasteiger partial charge in [0.15, 0.2) is 0 Å². The van der Waals surface area contributed by atoms with Crippen LogP contribution in [0.25, 0.3) is 0 Å². The normalized spacial score (nSPS) is 24.1. The topological polar surface area (TPSA) is 42.2 Å². The summed E-state index contributed by atoms with van der Waals surface area (Å²) in [6.07, 6.45) is 7.39. The number of piperidine rings is 1. The van der Waals surface area contributed by atoms with Gasteiger partial charge in [-0.2, -0.15) is 11.3 Å². The molecule has 1 atom stereocenters. The maximum Gasteiger partial charge on any atom is 0.233 e. The lowest BCUT2D eigenvalue weighted by Gasteiger charge is -2.33. The molecule has 21 heavy (non-hydrogen) atoms. The Balaban J connectivity index is 1.51. The van der Waals surface area contributed by atoms with E-state index in [1.54, 1.807) is 11.3 Å². The SMILES string of the molecule is c1cc(CN2CCCCC2c2nnc(C3CCC3)o2)cs1. The Bertz CT molecular complexity index is 576. The minimum Gasteiger partial charge on any atom is -0.423 e. The molecule has 112 valence electrons. The van der Waals surface area contributed by atoms with Gasteiger partial charge in [0.05, 0.1) is 6.04 Å². The Hall–Kier alpha value is -1.20. The van der Waals surface area contributed by atoms with E-state index in [1.165, 1.54) is 37.7 Å². The molecule has 0 amide bonds. The van der Waals surface area contributed by atoms with Crippen LogP contribution in [0.1, 0.15) is 67.8 Å². The number of hydrogen-bond acceptors (Lipinski definition) is 5. The van der Waals surface area contributed by atoms with Crippen molar-refractivity contribution < 1.29 is 4.42 Å². The first-order valence-corrected chi connectivity index (χ1v) is 8.93. The van der Waals surface area contributed by atoms with Crippen molar-refractivity contribution in [2.45, 2.75) is 57.0 Å². The summed E-state index contributed by atoms with van der Waals surface area (Å²) in [6.45, 7) is 2.12. The molecular formula is C16H21N3OS. The van der Waals surface area contributed by atoms with Crippen LogP contribution >= 0.6 is 11.3 Å². The van der Waals surface area contributed by atoms with Crippen molar-refractivity contribution in [3.8, 4) is 0 Å². The van der Waals surface area contributed by atoms with Crippen molar-refractivity contribution >= 4 is 11.3 Å². The van der Waals surface area contributed by atoms with Gasteiger partial charge < -0.3 is 4.42 Å². The highest BCUT2D eigenvalue weighted by atomic mass is 32.1. The molecule has 0 spiro atoms. The highest BCUT2D eigenvalue weighted by Crippen LogP contribution is 2.38. The molecule has 0 N–H and O–H groups in total. The zero-order valence-corrected chi connectivity index (χ0v) is 13.0. The molecule has 5 heteroatoms. The zero-order chi connectivity index (χ0) is 14.1. The molecule has 0 radical (unpaired) electrons. The van der Waals surface area contributed by atoms with Crippen LogP contribution in [-0.4, -0.2) is 21.6 Å². The first-order chi connectivity index (χ1) is 10.4. The van der Waals surface area contributed by atoms with Gasteiger partial charge in [-0.05, 0) is 54.6 Å². The van der Waals surface area contributed by atoms with Gasteiger partial charge in [-0.15, -0.1) is 10.2 Å². The van der Waals surface area contributed by atoms with E-state index in [4.69, 9.17) is 4.42 Å². The van der Waals surface area contributed by atoms with Gasteiger partial charge in [0, 0.05) is 12.5 Å². The van der Waals surface area contributed by atoms with Crippen LogP contribution in [0.2, 0.25) is 0 Å². The quantitative estimate of drug-likeness (QED) is 0.852. The Labute approximate surface area is 129 Å². The predicted octanol–water partition coefficient (Wildman–Crippen LogP) is 4.13. The average Bonchev–Trinajstić information content (AvgIpc) is 3.09. The third-order valence-electron chi connectivity index (χ3n) is 4.78. The molecule has 1 saturated heterocycles. The van der Waals surface area contributed by atoms with E-state index < -0.39 is 0 Å². The summed E-state index contributed by atoms with van der Waals surface area (Å²) in [6, 6.07) is 2.52. The molecule has 2 aromatic rings. The van der Waals surface area contributed by atoms with E-state index in [9.17, 15) is 0 Å². The minimum atomic E-state index is 0.306. The van der Waals surface area contributed by atoms with Crippen molar-refractivity contribution in [1.82, 2.24) is 15.1 Å². The second kappa shape index (κ2) is 5.89. The van der Waals surface area contributed by atoms with Gasteiger partial charge in [-0.25, -0.2) is 0 Å². The largest absolute Gasteiger partial charge is 0.423 e. The molecular weight excluding hydrogens is 282 g/mol. The molecule has 1 unspecified atom stereocenters. The molecule has 1 aliphatic heterocycles. The molecule has 1 aliphatic carbocycles. The first-order valence-electron chi connectivity index (χ1n) is 7.98. The van der Waals surface area contributed by atoms with Crippen molar-refractivity contribution in [2.75, 3.05) is 6.54 Å². The lowest BCUT2D eigenvalue weighted by molar-refractivity contribution is 0.115. The third-order valence-corrected chi connectivity index (χ3v) is 5.51. The van der Waals surface area contributed by atoms with Crippen molar-refractivity contribution in [1.29, 1.82) is 0 Å². The van der Waals surface area contributed by atoms with E-state index >= 15 is 0 Å². The van der Waals surface area contributed by atoms with E-state index in [1.807, 2.05) is 0 Å². The summed E-state index contributed by atoms with van der Waals surface area (Å²) in [5.41, 5.74) is 1.39. The molecule has 4 nitrogen and oxygen atoms in total. The van der Waals surface area contributed by atoms with Crippen molar-refractivity contribution in [2.24, 2.45) is 0 Å². The van der Waals surface area contributed by atoms with Crippen LogP contribution in [0, 0.1) is 0 Å². The predicted molar refractivity (Wildman–Crippen MR) is 82.2 cm³/mol. The van der Waals surface area contributed by atoms with E-state index in [0.717, 1.165) is 31.3 Å². The minimum absolute atomic E-state index is 0.306. The number of rotatable bonds is 4. The van der Waals surface area contributed by atoms with Crippen LogP contribution in [0.15, 0.2) is 21.2 Å². The highest BCUT2D eigenvalue weighted by Gasteiger charge is 2.31. The fraction of sp³-hybridized carbons (Fsp3) is 0.625. The molecule has 4 rings (SSSR count). The standard InChI is InChI=1S/C16H21N3OS/c1-2-8-19(10-12-7-9-21-11-12)14(6-1)16-18-17-15(20-16)13-4-3-5-13/h7,9,11,13-14H,1-6,8,10H2. The number of thiophene rings is 1. The van der Waals surface area contributed by atoms with Crippen LogP contribution in [0.4, 0.5) is 0 Å². The average molecular weight is 303 g/mol. The van der Waals surface area contributed by atoms with E-state index in [2.05, 4.69) is 31.9 Å². The third kappa shape index (κ3) is 2.77. The summed E-state index contributed by atoms with van der Waals surface area (Å²) >= 11 is 1.77. The lowest BCUT2D eigenvalue weighted by Crippen LogP contribution is -2.33. The van der Waals surface area contributed by atoms with Crippen molar-refractivity contribution in [3.05, 3.63) is 34.2 Å². The number of likely N-dealkylation sites (tertiary alicyclic amines) is 1. The number of hydrogen-bond donors (Lipinski definition) is 0. The second-order valence-corrected chi connectivity index (χ2v) is 7.00. The number of nitrogens with zero attached hydrogens (tertiary/aromatic N) is 3.